The van der Waals surface area contributed by atoms with Gasteiger partial charge in [-0.1, -0.05) is 43.5 Å². The molecule has 1 aliphatic rings. The van der Waals surface area contributed by atoms with Crippen LogP contribution < -0.4 is 10.6 Å². The van der Waals surface area contributed by atoms with Crippen LogP contribution in [0.15, 0.2) is 30.3 Å². The average molecular weight is 338 g/mol. The van der Waals surface area contributed by atoms with E-state index in [0.717, 1.165) is 24.2 Å². The maximum atomic E-state index is 12.5. The van der Waals surface area contributed by atoms with E-state index >= 15 is 0 Å². The molecule has 3 rings (SSSR count). The normalized spacial score (nSPS) is 15.0. The van der Waals surface area contributed by atoms with Crippen molar-refractivity contribution in [1.29, 1.82) is 0 Å². The van der Waals surface area contributed by atoms with Gasteiger partial charge in [0.2, 0.25) is 0 Å². The highest BCUT2D eigenvalue weighted by Crippen LogP contribution is 2.21. The minimum absolute atomic E-state index is 0.166. The van der Waals surface area contributed by atoms with Gasteiger partial charge in [-0.25, -0.2) is 9.97 Å². The number of anilines is 1. The molecule has 1 saturated carbocycles. The van der Waals surface area contributed by atoms with Gasteiger partial charge in [0.05, 0.1) is 0 Å². The molecule has 0 aliphatic heterocycles. The second-order valence-electron chi connectivity index (χ2n) is 6.77. The van der Waals surface area contributed by atoms with Crippen LogP contribution in [0.25, 0.3) is 0 Å². The standard InChI is InChI=1S/C20H26N4O/c1-14-8-6-7-9-16(14)13-21-20(25)18-12-19(23-15(2)22-18)24-17-10-4-3-5-11-17/h6-9,12,17H,3-5,10-11,13H2,1-2H3,(H,21,25)(H,22,23,24). The molecular formula is C20H26N4O. The number of carbonyl (C=O) groups is 1. The summed E-state index contributed by atoms with van der Waals surface area (Å²) in [6.45, 7) is 4.37. The predicted molar refractivity (Wildman–Crippen MR) is 99.6 cm³/mol. The summed E-state index contributed by atoms with van der Waals surface area (Å²) in [5.74, 6) is 1.20. The third kappa shape index (κ3) is 4.78. The van der Waals surface area contributed by atoms with E-state index in [2.05, 4.69) is 20.6 Å². The van der Waals surface area contributed by atoms with Crippen molar-refractivity contribution in [2.45, 2.75) is 58.5 Å². The zero-order chi connectivity index (χ0) is 17.6. The minimum atomic E-state index is -0.166. The van der Waals surface area contributed by atoms with E-state index in [9.17, 15) is 4.79 Å². The third-order valence-corrected chi connectivity index (χ3v) is 4.73. The van der Waals surface area contributed by atoms with Gasteiger partial charge in [-0.05, 0) is 37.8 Å². The van der Waals surface area contributed by atoms with Crippen LogP contribution >= 0.6 is 0 Å². The molecule has 0 radical (unpaired) electrons. The molecule has 25 heavy (non-hydrogen) atoms. The number of aromatic nitrogens is 2. The molecule has 1 aliphatic carbocycles. The SMILES string of the molecule is Cc1nc(NC2CCCCC2)cc(C(=O)NCc2ccccc2C)n1. The van der Waals surface area contributed by atoms with Crippen LogP contribution in [0.2, 0.25) is 0 Å². The maximum Gasteiger partial charge on any atom is 0.270 e. The summed E-state index contributed by atoms with van der Waals surface area (Å²) < 4.78 is 0. The largest absolute Gasteiger partial charge is 0.367 e. The van der Waals surface area contributed by atoms with Crippen LogP contribution in [0, 0.1) is 13.8 Å². The second kappa shape index (κ2) is 8.10. The monoisotopic (exact) mass is 338 g/mol. The first-order valence-electron chi connectivity index (χ1n) is 9.07. The lowest BCUT2D eigenvalue weighted by Crippen LogP contribution is -2.26. The van der Waals surface area contributed by atoms with Crippen molar-refractivity contribution in [3.8, 4) is 0 Å². The molecular weight excluding hydrogens is 312 g/mol. The number of carbonyl (C=O) groups excluding carboxylic acids is 1. The Hall–Kier alpha value is -2.43. The molecule has 0 atom stereocenters. The van der Waals surface area contributed by atoms with E-state index in [0.29, 0.717) is 24.1 Å². The van der Waals surface area contributed by atoms with Crippen molar-refractivity contribution in [2.24, 2.45) is 0 Å². The van der Waals surface area contributed by atoms with Gasteiger partial charge in [0.25, 0.3) is 5.91 Å². The first-order chi connectivity index (χ1) is 12.1. The molecule has 0 spiro atoms. The third-order valence-electron chi connectivity index (χ3n) is 4.73. The van der Waals surface area contributed by atoms with Crippen molar-refractivity contribution >= 4 is 11.7 Å². The smallest absolute Gasteiger partial charge is 0.270 e. The Labute approximate surface area is 149 Å². The fourth-order valence-corrected chi connectivity index (χ4v) is 3.29. The Bertz CT molecular complexity index is 738. The summed E-state index contributed by atoms with van der Waals surface area (Å²) in [5.41, 5.74) is 2.70. The molecule has 1 amide bonds. The number of rotatable bonds is 5. The highest BCUT2D eigenvalue weighted by molar-refractivity contribution is 5.92. The number of nitrogens with one attached hydrogen (secondary N) is 2. The Morgan fingerprint density at radius 1 is 1.12 bits per heavy atom. The van der Waals surface area contributed by atoms with E-state index < -0.39 is 0 Å². The molecule has 0 unspecified atom stereocenters. The van der Waals surface area contributed by atoms with Gasteiger partial charge in [0, 0.05) is 18.7 Å². The molecule has 5 nitrogen and oxygen atoms in total. The van der Waals surface area contributed by atoms with Crippen LogP contribution in [0.1, 0.15) is 59.5 Å². The van der Waals surface area contributed by atoms with Crippen LogP contribution in [0.3, 0.4) is 0 Å². The summed E-state index contributed by atoms with van der Waals surface area (Å²) in [6, 6.07) is 10.3. The van der Waals surface area contributed by atoms with E-state index in [1.807, 2.05) is 38.1 Å². The molecule has 2 aromatic rings. The highest BCUT2D eigenvalue weighted by Gasteiger charge is 2.16. The van der Waals surface area contributed by atoms with Gasteiger partial charge in [-0.15, -0.1) is 0 Å². The molecule has 1 aromatic carbocycles. The number of aryl methyl sites for hydroxylation is 2. The molecule has 1 aromatic heterocycles. The summed E-state index contributed by atoms with van der Waals surface area (Å²) >= 11 is 0. The summed E-state index contributed by atoms with van der Waals surface area (Å²) in [6.07, 6.45) is 6.15. The van der Waals surface area contributed by atoms with Crippen LogP contribution in [-0.4, -0.2) is 21.9 Å². The molecule has 1 heterocycles. The summed E-state index contributed by atoms with van der Waals surface area (Å²) in [5, 5.41) is 6.43. The Balaban J connectivity index is 1.66. The van der Waals surface area contributed by atoms with Gasteiger partial charge >= 0.3 is 0 Å². The van der Waals surface area contributed by atoms with E-state index in [1.54, 1.807) is 6.07 Å². The molecule has 0 saturated heterocycles. The van der Waals surface area contributed by atoms with Gasteiger partial charge in [0.15, 0.2) is 0 Å². The number of hydrogen-bond donors (Lipinski definition) is 2. The van der Waals surface area contributed by atoms with Crippen molar-refractivity contribution in [1.82, 2.24) is 15.3 Å². The van der Waals surface area contributed by atoms with Crippen molar-refractivity contribution < 1.29 is 4.79 Å². The Morgan fingerprint density at radius 3 is 2.64 bits per heavy atom. The lowest BCUT2D eigenvalue weighted by molar-refractivity contribution is 0.0945. The van der Waals surface area contributed by atoms with E-state index in [4.69, 9.17) is 0 Å². The highest BCUT2D eigenvalue weighted by atomic mass is 16.1. The van der Waals surface area contributed by atoms with Crippen molar-refractivity contribution in [3.63, 3.8) is 0 Å². The van der Waals surface area contributed by atoms with Crippen molar-refractivity contribution in [3.05, 3.63) is 53.0 Å². The van der Waals surface area contributed by atoms with Crippen molar-refractivity contribution in [2.75, 3.05) is 5.32 Å². The van der Waals surface area contributed by atoms with Crippen LogP contribution in [-0.2, 0) is 6.54 Å². The van der Waals surface area contributed by atoms with Gasteiger partial charge in [-0.3, -0.25) is 4.79 Å². The molecule has 1 fully saturated rings. The van der Waals surface area contributed by atoms with Crippen LogP contribution in [0.4, 0.5) is 5.82 Å². The van der Waals surface area contributed by atoms with Gasteiger partial charge in [-0.2, -0.15) is 0 Å². The average Bonchev–Trinajstić information content (AvgIpc) is 2.61. The lowest BCUT2D eigenvalue weighted by atomic mass is 9.95. The van der Waals surface area contributed by atoms with Gasteiger partial charge in [0.1, 0.15) is 17.3 Å². The maximum absolute atomic E-state index is 12.5. The Kier molecular flexibility index (Phi) is 5.64. The first-order valence-corrected chi connectivity index (χ1v) is 9.07. The summed E-state index contributed by atoms with van der Waals surface area (Å²) in [7, 11) is 0. The number of hydrogen-bond acceptors (Lipinski definition) is 4. The lowest BCUT2D eigenvalue weighted by Gasteiger charge is -2.23. The zero-order valence-corrected chi connectivity index (χ0v) is 15.0. The fraction of sp³-hybridized carbons (Fsp3) is 0.450. The topological polar surface area (TPSA) is 66.9 Å². The minimum Gasteiger partial charge on any atom is -0.367 e. The molecule has 0 bridgehead atoms. The molecule has 132 valence electrons. The summed E-state index contributed by atoms with van der Waals surface area (Å²) in [4.78, 5) is 21.2. The zero-order valence-electron chi connectivity index (χ0n) is 15.0. The number of benzene rings is 1. The van der Waals surface area contributed by atoms with Gasteiger partial charge < -0.3 is 10.6 Å². The van der Waals surface area contributed by atoms with Crippen LogP contribution in [0.5, 0.6) is 0 Å². The number of amides is 1. The first kappa shape index (κ1) is 17.4. The fourth-order valence-electron chi connectivity index (χ4n) is 3.29. The quantitative estimate of drug-likeness (QED) is 0.871. The second-order valence-corrected chi connectivity index (χ2v) is 6.77. The molecule has 2 N–H and O–H groups in total. The van der Waals surface area contributed by atoms with E-state index in [1.165, 1.54) is 24.8 Å². The van der Waals surface area contributed by atoms with E-state index in [-0.39, 0.29) is 5.91 Å². The number of nitrogens with zero attached hydrogens (tertiary/aromatic N) is 2. The predicted octanol–water partition coefficient (Wildman–Crippen LogP) is 3.77. The molecule has 5 heteroatoms. The Morgan fingerprint density at radius 2 is 1.88 bits per heavy atom.